The third kappa shape index (κ3) is 4.82. The molecular weight excluding hydrogens is 334 g/mol. The van der Waals surface area contributed by atoms with E-state index in [1.165, 1.54) is 17.8 Å². The van der Waals surface area contributed by atoms with Gasteiger partial charge in [0.15, 0.2) is 10.6 Å². The van der Waals surface area contributed by atoms with E-state index in [0.29, 0.717) is 22.9 Å². The van der Waals surface area contributed by atoms with Crippen molar-refractivity contribution in [2.45, 2.75) is 40.2 Å². The topological polar surface area (TPSA) is 67.0 Å². The summed E-state index contributed by atoms with van der Waals surface area (Å²) in [4.78, 5) is 20.0. The van der Waals surface area contributed by atoms with Crippen LogP contribution in [-0.4, -0.2) is 23.1 Å². The lowest BCUT2D eigenvalue weighted by Gasteiger charge is -2.05. The first-order valence-electron chi connectivity index (χ1n) is 8.42. The molecule has 134 valence electrons. The molecule has 0 aliphatic rings. The Hall–Kier alpha value is -2.34. The monoisotopic (exact) mass is 359 g/mol. The van der Waals surface area contributed by atoms with Crippen LogP contribution in [-0.2, 0) is 0 Å². The van der Waals surface area contributed by atoms with Crippen molar-refractivity contribution < 1.29 is 4.74 Å². The molecule has 6 heteroatoms. The number of aromatic amines is 1. The van der Waals surface area contributed by atoms with Gasteiger partial charge in [-0.3, -0.25) is 4.79 Å². The molecular formula is C19H25N3O2S. The van der Waals surface area contributed by atoms with E-state index in [1.807, 2.05) is 11.4 Å². The van der Waals surface area contributed by atoms with E-state index in [2.05, 4.69) is 43.0 Å². The van der Waals surface area contributed by atoms with Crippen LogP contribution in [0.15, 0.2) is 34.4 Å². The van der Waals surface area contributed by atoms with E-state index >= 15 is 0 Å². The Morgan fingerprint density at radius 3 is 2.64 bits per heavy atom. The van der Waals surface area contributed by atoms with Gasteiger partial charge in [0.1, 0.15) is 5.75 Å². The van der Waals surface area contributed by atoms with Gasteiger partial charge in [0.25, 0.3) is 0 Å². The van der Waals surface area contributed by atoms with Crippen LogP contribution in [0.5, 0.6) is 5.75 Å². The molecule has 25 heavy (non-hydrogen) atoms. The SMILES string of the molecule is CCC.COc1ccc2c(=O)cc(-c3csc(NC(C)C)n3)[nH]c2c1. The maximum Gasteiger partial charge on any atom is 0.190 e. The van der Waals surface area contributed by atoms with E-state index in [1.54, 1.807) is 25.3 Å². The van der Waals surface area contributed by atoms with E-state index in [-0.39, 0.29) is 5.43 Å². The summed E-state index contributed by atoms with van der Waals surface area (Å²) in [6, 6.07) is 7.27. The van der Waals surface area contributed by atoms with Gasteiger partial charge in [-0.15, -0.1) is 11.3 Å². The van der Waals surface area contributed by atoms with Crippen LogP contribution < -0.4 is 15.5 Å². The highest BCUT2D eigenvalue weighted by molar-refractivity contribution is 7.14. The molecule has 0 radical (unpaired) electrons. The summed E-state index contributed by atoms with van der Waals surface area (Å²) in [5.41, 5.74) is 2.18. The lowest BCUT2D eigenvalue weighted by Crippen LogP contribution is -2.09. The molecule has 0 spiro atoms. The van der Waals surface area contributed by atoms with Crippen molar-refractivity contribution in [2.24, 2.45) is 0 Å². The second-order valence-corrected chi connectivity index (χ2v) is 6.86. The molecule has 0 fully saturated rings. The van der Waals surface area contributed by atoms with Crippen molar-refractivity contribution in [3.63, 3.8) is 0 Å². The molecule has 0 unspecified atom stereocenters. The van der Waals surface area contributed by atoms with E-state index in [0.717, 1.165) is 16.3 Å². The van der Waals surface area contributed by atoms with Crippen molar-refractivity contribution in [3.05, 3.63) is 39.9 Å². The Kier molecular flexibility index (Phi) is 6.58. The molecule has 2 N–H and O–H groups in total. The summed E-state index contributed by atoms with van der Waals surface area (Å²) in [6.45, 7) is 8.37. The number of fused-ring (bicyclic) bond motifs is 1. The van der Waals surface area contributed by atoms with Crippen LogP contribution in [0.3, 0.4) is 0 Å². The van der Waals surface area contributed by atoms with Gasteiger partial charge < -0.3 is 15.0 Å². The maximum absolute atomic E-state index is 12.3. The molecule has 0 saturated heterocycles. The number of H-pyrrole nitrogens is 1. The molecule has 1 aromatic carbocycles. The molecule has 0 saturated carbocycles. The quantitative estimate of drug-likeness (QED) is 0.695. The largest absolute Gasteiger partial charge is 0.497 e. The first-order chi connectivity index (χ1) is 12.0. The minimum atomic E-state index is -0.0298. The number of pyridine rings is 1. The number of anilines is 1. The average Bonchev–Trinajstić information content (AvgIpc) is 3.02. The number of benzene rings is 1. The van der Waals surface area contributed by atoms with E-state index < -0.39 is 0 Å². The Balaban J connectivity index is 0.000000701. The van der Waals surface area contributed by atoms with Crippen LogP contribution in [0.25, 0.3) is 22.3 Å². The van der Waals surface area contributed by atoms with Crippen LogP contribution in [0.1, 0.15) is 34.1 Å². The zero-order valence-corrected chi connectivity index (χ0v) is 16.2. The van der Waals surface area contributed by atoms with Gasteiger partial charge in [0, 0.05) is 28.9 Å². The van der Waals surface area contributed by atoms with Crippen LogP contribution in [0.2, 0.25) is 0 Å². The molecule has 0 atom stereocenters. The minimum Gasteiger partial charge on any atom is -0.497 e. The number of nitrogens with zero attached hydrogens (tertiary/aromatic N) is 1. The normalized spacial score (nSPS) is 10.5. The van der Waals surface area contributed by atoms with E-state index in [9.17, 15) is 4.79 Å². The van der Waals surface area contributed by atoms with Crippen LogP contribution in [0.4, 0.5) is 5.13 Å². The summed E-state index contributed by atoms with van der Waals surface area (Å²) in [6.07, 6.45) is 1.25. The zero-order chi connectivity index (χ0) is 18.4. The number of hydrogen-bond donors (Lipinski definition) is 2. The predicted molar refractivity (Wildman–Crippen MR) is 107 cm³/mol. The third-order valence-electron chi connectivity index (χ3n) is 3.23. The van der Waals surface area contributed by atoms with Crippen LogP contribution in [0, 0.1) is 0 Å². The second-order valence-electron chi connectivity index (χ2n) is 6.00. The van der Waals surface area contributed by atoms with Gasteiger partial charge in [-0.2, -0.15) is 0 Å². The number of rotatable bonds is 4. The van der Waals surface area contributed by atoms with Crippen molar-refractivity contribution in [1.82, 2.24) is 9.97 Å². The molecule has 3 aromatic rings. The number of hydrogen-bond acceptors (Lipinski definition) is 5. The number of aromatic nitrogens is 2. The highest BCUT2D eigenvalue weighted by Gasteiger charge is 2.09. The molecule has 2 heterocycles. The Morgan fingerprint density at radius 1 is 1.28 bits per heavy atom. The number of ether oxygens (including phenoxy) is 1. The number of thiazole rings is 1. The van der Waals surface area contributed by atoms with Crippen LogP contribution >= 0.6 is 11.3 Å². The fraction of sp³-hybridized carbons (Fsp3) is 0.368. The molecule has 2 aromatic heterocycles. The highest BCUT2D eigenvalue weighted by atomic mass is 32.1. The average molecular weight is 359 g/mol. The number of nitrogens with one attached hydrogen (secondary N) is 2. The van der Waals surface area contributed by atoms with Gasteiger partial charge in [0.2, 0.25) is 0 Å². The van der Waals surface area contributed by atoms with Crippen molar-refractivity contribution in [1.29, 1.82) is 0 Å². The minimum absolute atomic E-state index is 0.0298. The zero-order valence-electron chi connectivity index (χ0n) is 15.3. The van der Waals surface area contributed by atoms with Gasteiger partial charge in [-0.05, 0) is 26.0 Å². The summed E-state index contributed by atoms with van der Waals surface area (Å²) in [7, 11) is 1.60. The lowest BCUT2D eigenvalue weighted by atomic mass is 10.1. The third-order valence-corrected chi connectivity index (χ3v) is 4.00. The van der Waals surface area contributed by atoms with Gasteiger partial charge in [-0.1, -0.05) is 20.3 Å². The fourth-order valence-corrected chi connectivity index (χ4v) is 3.07. The van der Waals surface area contributed by atoms with Crippen molar-refractivity contribution in [3.8, 4) is 17.1 Å². The molecule has 5 nitrogen and oxygen atoms in total. The summed E-state index contributed by atoms with van der Waals surface area (Å²) in [5, 5.41) is 6.68. The molecule has 0 aliphatic heterocycles. The van der Waals surface area contributed by atoms with E-state index in [4.69, 9.17) is 4.74 Å². The highest BCUT2D eigenvalue weighted by Crippen LogP contribution is 2.25. The van der Waals surface area contributed by atoms with Crippen molar-refractivity contribution >= 4 is 27.4 Å². The van der Waals surface area contributed by atoms with Gasteiger partial charge >= 0.3 is 0 Å². The summed E-state index contributed by atoms with van der Waals surface area (Å²) in [5.74, 6) is 0.709. The first-order valence-corrected chi connectivity index (χ1v) is 9.29. The molecule has 0 amide bonds. The maximum atomic E-state index is 12.3. The fourth-order valence-electron chi connectivity index (χ4n) is 2.21. The predicted octanol–water partition coefficient (Wildman–Crippen LogP) is 4.90. The smallest absolute Gasteiger partial charge is 0.190 e. The summed E-state index contributed by atoms with van der Waals surface area (Å²) >= 11 is 1.52. The Morgan fingerprint density at radius 2 is 2.00 bits per heavy atom. The molecule has 0 bridgehead atoms. The standard InChI is InChI=1S/C16H17N3O2S.C3H8/c1-9(2)17-16-19-14(8-22-16)13-7-15(20)11-5-4-10(21-3)6-12(11)18-13;1-3-2/h4-9H,1-3H3,(H,17,19)(H,18,20);3H2,1-2H3. The molecule has 0 aliphatic carbocycles. The first kappa shape index (κ1) is 19.0. The Labute approximate surface area is 152 Å². The summed E-state index contributed by atoms with van der Waals surface area (Å²) < 4.78 is 5.21. The second kappa shape index (κ2) is 8.67. The van der Waals surface area contributed by atoms with Gasteiger partial charge in [-0.25, -0.2) is 4.98 Å². The van der Waals surface area contributed by atoms with Crippen molar-refractivity contribution in [2.75, 3.05) is 12.4 Å². The Bertz CT molecular complexity index is 884. The lowest BCUT2D eigenvalue weighted by molar-refractivity contribution is 0.415. The van der Waals surface area contributed by atoms with Gasteiger partial charge in [0.05, 0.1) is 24.0 Å². The number of methoxy groups -OCH3 is 1. The molecule has 3 rings (SSSR count).